The summed E-state index contributed by atoms with van der Waals surface area (Å²) in [6.45, 7) is 1.57. The maximum atomic E-state index is 11.0. The number of hydrogen-bond acceptors (Lipinski definition) is 4. The average Bonchev–Trinajstić information content (AvgIpc) is 2.75. The van der Waals surface area contributed by atoms with Crippen LogP contribution in [0.2, 0.25) is 0 Å². The molecule has 1 N–H and O–H groups in total. The Balaban J connectivity index is 2.49. The van der Waals surface area contributed by atoms with Crippen molar-refractivity contribution in [2.24, 2.45) is 0 Å². The van der Waals surface area contributed by atoms with Crippen LogP contribution in [0.5, 0.6) is 0 Å². The number of hydrogen-bond donors (Lipinski definition) is 1. The van der Waals surface area contributed by atoms with Crippen LogP contribution in [0.15, 0.2) is 39.6 Å². The molecule has 0 aliphatic heterocycles. The summed E-state index contributed by atoms with van der Waals surface area (Å²) in [7, 11) is -4.22. The zero-order valence-electron chi connectivity index (χ0n) is 9.45. The van der Waals surface area contributed by atoms with E-state index in [2.05, 4.69) is 0 Å². The molecule has 0 saturated carbocycles. The fourth-order valence-electron chi connectivity index (χ4n) is 1.66. The van der Waals surface area contributed by atoms with Gasteiger partial charge in [-0.25, -0.2) is 0 Å². The predicted octanol–water partition coefficient (Wildman–Crippen LogP) is 2.31. The Morgan fingerprint density at radius 2 is 1.94 bits per heavy atom. The molecule has 0 radical (unpaired) electrons. The van der Waals surface area contributed by atoms with Gasteiger partial charge < -0.3 is 4.42 Å². The number of aryl methyl sites for hydroxylation is 1. The molecule has 0 atom stereocenters. The van der Waals surface area contributed by atoms with Crippen molar-refractivity contribution in [1.82, 2.24) is 0 Å². The van der Waals surface area contributed by atoms with Gasteiger partial charge in [-0.3, -0.25) is 9.35 Å². The summed E-state index contributed by atoms with van der Waals surface area (Å²) in [5.41, 5.74) is 1.03. The van der Waals surface area contributed by atoms with Crippen molar-refractivity contribution in [1.29, 1.82) is 0 Å². The second-order valence-corrected chi connectivity index (χ2v) is 5.17. The molecule has 5 nitrogen and oxygen atoms in total. The summed E-state index contributed by atoms with van der Waals surface area (Å²) in [5, 5.41) is 0. The maximum absolute atomic E-state index is 11.0. The minimum absolute atomic E-state index is 0.145. The van der Waals surface area contributed by atoms with Crippen molar-refractivity contribution in [2.45, 2.75) is 11.8 Å². The quantitative estimate of drug-likeness (QED) is 0.680. The van der Waals surface area contributed by atoms with Gasteiger partial charge in [-0.2, -0.15) is 8.42 Å². The van der Waals surface area contributed by atoms with Crippen LogP contribution in [-0.2, 0) is 10.1 Å². The molecule has 6 heteroatoms. The van der Waals surface area contributed by atoms with Crippen LogP contribution >= 0.6 is 0 Å². The SMILES string of the molecule is Cc1cc(-c2ccc(C=O)o2)ccc1S(=O)(=O)O. The number of furan rings is 1. The lowest BCUT2D eigenvalue weighted by Crippen LogP contribution is -2.00. The molecule has 0 aliphatic rings. The lowest BCUT2D eigenvalue weighted by Gasteiger charge is -2.04. The molecule has 1 aromatic carbocycles. The van der Waals surface area contributed by atoms with E-state index in [1.54, 1.807) is 19.1 Å². The van der Waals surface area contributed by atoms with E-state index in [0.717, 1.165) is 0 Å². The highest BCUT2D eigenvalue weighted by atomic mass is 32.2. The van der Waals surface area contributed by atoms with Crippen molar-refractivity contribution < 1.29 is 22.2 Å². The van der Waals surface area contributed by atoms with Gasteiger partial charge in [0.1, 0.15) is 5.76 Å². The molecule has 0 unspecified atom stereocenters. The number of aldehydes is 1. The normalized spacial score (nSPS) is 11.4. The highest BCUT2D eigenvalue weighted by Gasteiger charge is 2.14. The van der Waals surface area contributed by atoms with Crippen molar-refractivity contribution in [2.75, 3.05) is 0 Å². The van der Waals surface area contributed by atoms with Crippen molar-refractivity contribution in [3.05, 3.63) is 41.7 Å². The van der Waals surface area contributed by atoms with E-state index < -0.39 is 10.1 Å². The van der Waals surface area contributed by atoms with Crippen LogP contribution in [0.1, 0.15) is 16.1 Å². The minimum Gasteiger partial charge on any atom is -0.453 e. The Hall–Kier alpha value is -1.92. The highest BCUT2D eigenvalue weighted by Crippen LogP contribution is 2.25. The van der Waals surface area contributed by atoms with Gasteiger partial charge in [0.2, 0.25) is 0 Å². The standard InChI is InChI=1S/C12H10O5S/c1-8-6-9(2-5-12(8)18(14,15)16)11-4-3-10(7-13)17-11/h2-7H,1H3,(H,14,15,16). The molecule has 1 heterocycles. The van der Waals surface area contributed by atoms with Crippen molar-refractivity contribution in [3.8, 4) is 11.3 Å². The first-order valence-corrected chi connectivity index (χ1v) is 6.49. The average molecular weight is 266 g/mol. The fraction of sp³-hybridized carbons (Fsp3) is 0.0833. The summed E-state index contributed by atoms with van der Waals surface area (Å²) >= 11 is 0. The number of carbonyl (C=O) groups excluding carboxylic acids is 1. The molecule has 0 fully saturated rings. The third-order valence-electron chi connectivity index (χ3n) is 2.48. The van der Waals surface area contributed by atoms with Crippen LogP contribution in [0.25, 0.3) is 11.3 Å². The first-order valence-electron chi connectivity index (χ1n) is 5.05. The monoisotopic (exact) mass is 266 g/mol. The first-order chi connectivity index (χ1) is 8.41. The number of benzene rings is 1. The zero-order valence-corrected chi connectivity index (χ0v) is 10.3. The molecule has 1 aromatic heterocycles. The molecule has 2 rings (SSSR count). The van der Waals surface area contributed by atoms with Gasteiger partial charge in [0, 0.05) is 5.56 Å². The third-order valence-corrected chi connectivity index (χ3v) is 3.49. The van der Waals surface area contributed by atoms with E-state index in [9.17, 15) is 13.2 Å². The lowest BCUT2D eigenvalue weighted by molar-refractivity contribution is 0.110. The van der Waals surface area contributed by atoms with E-state index in [0.29, 0.717) is 23.2 Å². The second kappa shape index (κ2) is 4.40. The van der Waals surface area contributed by atoms with Gasteiger partial charge >= 0.3 is 0 Å². The Kier molecular flexibility index (Phi) is 3.06. The molecular formula is C12H10O5S. The van der Waals surface area contributed by atoms with Gasteiger partial charge in [-0.05, 0) is 42.8 Å². The van der Waals surface area contributed by atoms with E-state index in [4.69, 9.17) is 8.97 Å². The molecule has 0 aliphatic carbocycles. The summed E-state index contributed by atoms with van der Waals surface area (Å²) in [4.78, 5) is 10.4. The molecule has 94 valence electrons. The summed E-state index contributed by atoms with van der Waals surface area (Å²) in [6.07, 6.45) is 0.586. The lowest BCUT2D eigenvalue weighted by atomic mass is 10.1. The topological polar surface area (TPSA) is 84.6 Å². The van der Waals surface area contributed by atoms with Gasteiger partial charge in [0.25, 0.3) is 10.1 Å². The van der Waals surface area contributed by atoms with Crippen LogP contribution < -0.4 is 0 Å². The Morgan fingerprint density at radius 3 is 2.44 bits per heavy atom. The smallest absolute Gasteiger partial charge is 0.294 e. The number of rotatable bonds is 3. The Morgan fingerprint density at radius 1 is 1.22 bits per heavy atom. The van der Waals surface area contributed by atoms with Gasteiger partial charge in [0.05, 0.1) is 4.90 Å². The number of carbonyl (C=O) groups is 1. The first kappa shape index (κ1) is 12.5. The van der Waals surface area contributed by atoms with Crippen LogP contribution in [0.3, 0.4) is 0 Å². The Bertz CT molecular complexity index is 697. The van der Waals surface area contributed by atoms with Crippen LogP contribution in [0.4, 0.5) is 0 Å². The van der Waals surface area contributed by atoms with Gasteiger partial charge in [0.15, 0.2) is 12.0 Å². The predicted molar refractivity (Wildman–Crippen MR) is 64.1 cm³/mol. The van der Waals surface area contributed by atoms with E-state index in [-0.39, 0.29) is 10.7 Å². The minimum atomic E-state index is -4.22. The van der Waals surface area contributed by atoms with E-state index >= 15 is 0 Å². The highest BCUT2D eigenvalue weighted by molar-refractivity contribution is 7.85. The molecular weight excluding hydrogens is 256 g/mol. The van der Waals surface area contributed by atoms with Crippen molar-refractivity contribution in [3.63, 3.8) is 0 Å². The molecule has 18 heavy (non-hydrogen) atoms. The molecule has 0 saturated heterocycles. The maximum Gasteiger partial charge on any atom is 0.294 e. The summed E-state index contributed by atoms with van der Waals surface area (Å²) in [5.74, 6) is 0.656. The zero-order chi connectivity index (χ0) is 13.3. The summed E-state index contributed by atoms with van der Waals surface area (Å²) in [6, 6.07) is 7.50. The molecule has 2 aromatic rings. The van der Waals surface area contributed by atoms with Gasteiger partial charge in [-0.15, -0.1) is 0 Å². The van der Waals surface area contributed by atoms with Crippen LogP contribution in [0, 0.1) is 6.92 Å². The van der Waals surface area contributed by atoms with E-state index in [1.807, 2.05) is 0 Å². The van der Waals surface area contributed by atoms with Gasteiger partial charge in [-0.1, -0.05) is 0 Å². The Labute approximate surface area is 104 Å². The van der Waals surface area contributed by atoms with E-state index in [1.165, 1.54) is 18.2 Å². The van der Waals surface area contributed by atoms with Crippen molar-refractivity contribution >= 4 is 16.4 Å². The molecule has 0 bridgehead atoms. The fourth-order valence-corrected chi connectivity index (χ4v) is 2.37. The van der Waals surface area contributed by atoms with Crippen LogP contribution in [-0.4, -0.2) is 19.3 Å². The summed E-state index contributed by atoms with van der Waals surface area (Å²) < 4.78 is 36.3. The molecule has 0 spiro atoms. The largest absolute Gasteiger partial charge is 0.453 e. The molecule has 0 amide bonds. The second-order valence-electron chi connectivity index (χ2n) is 3.78. The third kappa shape index (κ3) is 2.34.